The lowest BCUT2D eigenvalue weighted by atomic mass is 9.59. The summed E-state index contributed by atoms with van der Waals surface area (Å²) in [6, 6.07) is 0. The van der Waals surface area contributed by atoms with Crippen molar-refractivity contribution in [1.82, 2.24) is 0 Å². The maximum atomic E-state index is 7.62. The summed E-state index contributed by atoms with van der Waals surface area (Å²) in [4.78, 5) is 0. The molecule has 3 unspecified atom stereocenters. The number of aryl methyl sites for hydroxylation is 5. The zero-order chi connectivity index (χ0) is 74.9. The van der Waals surface area contributed by atoms with Crippen LogP contribution in [0.1, 0.15) is 269 Å². The monoisotopic (exact) mass is 1340 g/mol. The lowest BCUT2D eigenvalue weighted by Gasteiger charge is -2.45. The van der Waals surface area contributed by atoms with Crippen LogP contribution in [-0.4, -0.2) is 0 Å². The predicted octanol–water partition coefficient (Wildman–Crippen LogP) is 28.6. The van der Waals surface area contributed by atoms with Crippen LogP contribution in [0.15, 0.2) is 32.3 Å². The second kappa shape index (κ2) is 24.7. The van der Waals surface area contributed by atoms with Gasteiger partial charge in [0.15, 0.2) is 0 Å². The molecule has 0 N–H and O–H groups in total. The molecule has 9 aromatic carbocycles. The molecule has 1 heteroatoms. The van der Waals surface area contributed by atoms with E-state index in [4.69, 9.17) is 4.42 Å². The Morgan fingerprint density at radius 1 is 0.178 bits per heavy atom. The van der Waals surface area contributed by atoms with Crippen molar-refractivity contribution < 1.29 is 4.42 Å². The zero-order valence-electron chi connectivity index (χ0n) is 70.1. The van der Waals surface area contributed by atoms with Crippen molar-refractivity contribution in [2.75, 3.05) is 0 Å². The fourth-order valence-corrected chi connectivity index (χ4v) is 21.2. The van der Waals surface area contributed by atoms with Crippen LogP contribution >= 0.6 is 0 Å². The lowest BCUT2D eigenvalue weighted by Crippen LogP contribution is -2.30. The van der Waals surface area contributed by atoms with Crippen molar-refractivity contribution in [2.24, 2.45) is 5.92 Å². The van der Waals surface area contributed by atoms with E-state index >= 15 is 0 Å². The van der Waals surface area contributed by atoms with Crippen LogP contribution in [0, 0.1) is 241 Å². The van der Waals surface area contributed by atoms with Crippen LogP contribution in [0.5, 0.6) is 0 Å². The van der Waals surface area contributed by atoms with Gasteiger partial charge >= 0.3 is 0 Å². The smallest absolute Gasteiger partial charge is 0.143 e. The number of hydrogen-bond acceptors (Lipinski definition) is 1. The van der Waals surface area contributed by atoms with Gasteiger partial charge in [0.2, 0.25) is 0 Å². The van der Waals surface area contributed by atoms with Gasteiger partial charge in [-0.3, -0.25) is 0 Å². The largest absolute Gasteiger partial charge is 0.455 e. The van der Waals surface area contributed by atoms with Gasteiger partial charge in [-0.15, -0.1) is 0 Å². The molecule has 0 saturated carbocycles. The molecular formula is C100H120O. The van der Waals surface area contributed by atoms with Crippen LogP contribution in [0.4, 0.5) is 0 Å². The van der Waals surface area contributed by atoms with Crippen molar-refractivity contribution in [2.45, 2.75) is 282 Å². The Labute approximate surface area is 610 Å². The predicted molar refractivity (Wildman–Crippen MR) is 444 cm³/mol. The number of allylic oxidation sites excluding steroid dienone is 5. The Kier molecular flexibility index (Phi) is 17.9. The van der Waals surface area contributed by atoms with Crippen molar-refractivity contribution >= 4 is 38.3 Å². The molecule has 0 aliphatic heterocycles. The molecule has 0 amide bonds. The van der Waals surface area contributed by atoms with Crippen LogP contribution in [0.2, 0.25) is 0 Å². The van der Waals surface area contributed by atoms with Crippen molar-refractivity contribution in [3.05, 3.63) is 250 Å². The third-order valence-corrected chi connectivity index (χ3v) is 29.9. The van der Waals surface area contributed by atoms with Crippen LogP contribution in [-0.2, 0) is 0 Å². The minimum Gasteiger partial charge on any atom is -0.455 e. The van der Waals surface area contributed by atoms with E-state index in [0.29, 0.717) is 5.92 Å². The van der Waals surface area contributed by atoms with E-state index in [1.165, 1.54) is 305 Å². The molecule has 0 saturated heterocycles. The summed E-state index contributed by atoms with van der Waals surface area (Å²) in [5, 5.41) is 5.11. The Bertz CT molecular complexity index is 5510. The van der Waals surface area contributed by atoms with Gasteiger partial charge in [-0.25, -0.2) is 0 Å². The third kappa shape index (κ3) is 9.57. The first-order valence-electron chi connectivity index (χ1n) is 38.0. The van der Waals surface area contributed by atoms with E-state index in [0.717, 1.165) is 11.2 Å². The normalized spacial score (nSPS) is 15.3. The van der Waals surface area contributed by atoms with Gasteiger partial charge in [0.25, 0.3) is 0 Å². The summed E-state index contributed by atoms with van der Waals surface area (Å²) in [6.45, 7) is 94.0. The van der Waals surface area contributed by atoms with Gasteiger partial charge in [0, 0.05) is 33.9 Å². The summed E-state index contributed by atoms with van der Waals surface area (Å²) in [5.41, 5.74) is 74.9. The minimum atomic E-state index is -0.0913. The summed E-state index contributed by atoms with van der Waals surface area (Å²) in [5.74, 6) is 0.507. The second-order valence-electron chi connectivity index (χ2n) is 33.2. The van der Waals surface area contributed by atoms with Gasteiger partial charge in [-0.2, -0.15) is 0 Å². The van der Waals surface area contributed by atoms with E-state index in [2.05, 4.69) is 270 Å². The highest BCUT2D eigenvalue weighted by Crippen LogP contribution is 2.60. The molecular weight excluding hydrogens is 1220 g/mol. The molecule has 0 bridgehead atoms. The first-order chi connectivity index (χ1) is 47.0. The average molecular weight is 1340 g/mol. The highest BCUT2D eigenvalue weighted by molar-refractivity contribution is 6.25. The molecule has 1 heterocycles. The second-order valence-corrected chi connectivity index (χ2v) is 33.2. The van der Waals surface area contributed by atoms with E-state index in [9.17, 15) is 0 Å². The van der Waals surface area contributed by atoms with Crippen LogP contribution in [0.25, 0.3) is 71.7 Å². The summed E-state index contributed by atoms with van der Waals surface area (Å²) >= 11 is 0. The molecule has 1 aromatic heterocycles. The van der Waals surface area contributed by atoms with Gasteiger partial charge in [-0.1, -0.05) is 16.7 Å². The van der Waals surface area contributed by atoms with Gasteiger partial charge in [-0.05, 0) is 548 Å². The van der Waals surface area contributed by atoms with Crippen LogP contribution in [0.3, 0.4) is 0 Å². The molecule has 3 atom stereocenters. The molecule has 0 spiro atoms. The molecule has 101 heavy (non-hydrogen) atoms. The SMILES string of the molecule is CC1=C(C)C2C(C)=C(c3c(C)c(C)c(C(c4c(C)c(C)c(-c5c(C)c(C)c6oc7c8c(C)c(C)c(C)c(C)c8c(-c8c(C)c(C)c(C)c(C)c8C)c(C)c7c6c5C)c(C)c4C)c4c(C)c(C)c(C)c(-c5c(C)c(C)c(C)c(C)c5C)c4C)c(C)c3C)c3c(C)c(C)c(C)c(C)c3C2C(C)=C1C. The van der Waals surface area contributed by atoms with Crippen molar-refractivity contribution in [3.8, 4) is 33.4 Å². The molecule has 526 valence electrons. The maximum absolute atomic E-state index is 7.62. The number of furan rings is 1. The first kappa shape index (κ1) is 73.0. The highest BCUT2D eigenvalue weighted by Gasteiger charge is 2.44. The zero-order valence-corrected chi connectivity index (χ0v) is 70.1. The highest BCUT2D eigenvalue weighted by atomic mass is 16.3. The molecule has 10 aromatic rings. The Morgan fingerprint density at radius 2 is 0.436 bits per heavy atom. The average Bonchev–Trinajstić information content (AvgIpc) is 1.65. The molecule has 0 fully saturated rings. The van der Waals surface area contributed by atoms with E-state index in [-0.39, 0.29) is 11.8 Å². The standard InChI is InChI=1S/C100H120O/c1-40-42(3)53(14)79(54(15)43(40)4)85-58(19)52(13)59(20)88(75(85)36)98(84-71(32)67(28)82(68(29)72(84)33)93-76(37)87-57(18)46(7)47(8)60(21)89(87)90-61(22)48(9)49(10)62(23)91(90)93)83-69(30)65(26)80(66(27)70(83)31)86-73(34)74(35)99-96(77(86)38)97-78(39)94(81-55(16)44(5)41(2)45(6)56(81)17)92-63(24)50(11)51(12)64(25)95(92)100(97)101-99/h87,89,98H,1-39H3. The van der Waals surface area contributed by atoms with E-state index < -0.39 is 0 Å². The Hall–Kier alpha value is -7.74. The number of rotatable bonds is 7. The molecule has 0 radical (unpaired) electrons. The fraction of sp³-hybridized carbons (Fsp3) is 0.420. The third-order valence-electron chi connectivity index (χ3n) is 29.9. The van der Waals surface area contributed by atoms with Gasteiger partial charge in [0.05, 0.1) is 0 Å². The lowest BCUT2D eigenvalue weighted by molar-refractivity contribution is 0.571. The first-order valence-corrected chi connectivity index (χ1v) is 38.0. The Morgan fingerprint density at radius 3 is 0.871 bits per heavy atom. The fourth-order valence-electron chi connectivity index (χ4n) is 21.2. The number of fused-ring (bicyclic) bond motifs is 8. The van der Waals surface area contributed by atoms with E-state index in [1.54, 1.807) is 5.56 Å². The minimum absolute atomic E-state index is 0.0913. The van der Waals surface area contributed by atoms with Crippen LogP contribution < -0.4 is 0 Å². The quantitative estimate of drug-likeness (QED) is 0.145. The Balaban J connectivity index is 1.22. The molecule has 1 nitrogen and oxygen atoms in total. The number of hydrogen-bond donors (Lipinski definition) is 0. The summed E-state index contributed by atoms with van der Waals surface area (Å²) in [6.07, 6.45) is 0. The molecule has 2 aliphatic carbocycles. The van der Waals surface area contributed by atoms with Gasteiger partial charge < -0.3 is 4.42 Å². The van der Waals surface area contributed by atoms with Crippen molar-refractivity contribution in [1.29, 1.82) is 0 Å². The van der Waals surface area contributed by atoms with E-state index in [1.807, 2.05) is 0 Å². The topological polar surface area (TPSA) is 13.1 Å². The number of benzene rings is 9. The molecule has 2 aliphatic rings. The maximum Gasteiger partial charge on any atom is 0.143 e. The van der Waals surface area contributed by atoms with Gasteiger partial charge in [0.1, 0.15) is 11.2 Å². The summed E-state index contributed by atoms with van der Waals surface area (Å²) < 4.78 is 7.62. The van der Waals surface area contributed by atoms with Crippen molar-refractivity contribution in [3.63, 3.8) is 0 Å². The summed E-state index contributed by atoms with van der Waals surface area (Å²) in [7, 11) is 0. The molecule has 12 rings (SSSR count).